The van der Waals surface area contributed by atoms with Gasteiger partial charge in [0.05, 0.1) is 6.10 Å². The molecule has 2 nitrogen and oxygen atoms in total. The van der Waals surface area contributed by atoms with Crippen LogP contribution in [-0.4, -0.2) is 17.8 Å². The molecule has 0 radical (unpaired) electrons. The van der Waals surface area contributed by atoms with Crippen molar-refractivity contribution < 1.29 is 9.84 Å². The topological polar surface area (TPSA) is 29.5 Å². The first-order chi connectivity index (χ1) is 6.22. The first-order valence-electron chi connectivity index (χ1n) is 4.62. The van der Waals surface area contributed by atoms with E-state index in [1.165, 1.54) is 5.56 Å². The molecule has 1 N–H and O–H groups in total. The third-order valence-corrected chi connectivity index (χ3v) is 1.91. The zero-order valence-corrected chi connectivity index (χ0v) is 8.16. The summed E-state index contributed by atoms with van der Waals surface area (Å²) in [5.74, 6) is 0.313. The van der Waals surface area contributed by atoms with Gasteiger partial charge < -0.3 is 9.84 Å². The summed E-state index contributed by atoms with van der Waals surface area (Å²) in [7, 11) is 0. The van der Waals surface area contributed by atoms with Crippen LogP contribution in [0.3, 0.4) is 0 Å². The lowest BCUT2D eigenvalue weighted by atomic mass is 10.1. The summed E-state index contributed by atoms with van der Waals surface area (Å²) < 4.78 is 5.41. The Balaban J connectivity index is 2.49. The van der Waals surface area contributed by atoms with Crippen LogP contribution in [0, 0.1) is 0 Å². The van der Waals surface area contributed by atoms with Crippen LogP contribution in [0.4, 0.5) is 0 Å². The number of hydrogen-bond donors (Lipinski definition) is 1. The molecular formula is C11H16O2. The van der Waals surface area contributed by atoms with Crippen molar-refractivity contribution in [3.8, 4) is 5.75 Å². The fraction of sp³-hybridized carbons (Fsp3) is 0.455. The van der Waals surface area contributed by atoms with Gasteiger partial charge >= 0.3 is 0 Å². The highest BCUT2D eigenvalue weighted by Gasteiger charge is 2.02. The fourth-order valence-electron chi connectivity index (χ4n) is 1.31. The van der Waals surface area contributed by atoms with Crippen molar-refractivity contribution in [3.05, 3.63) is 29.8 Å². The zero-order valence-electron chi connectivity index (χ0n) is 8.16. The molecule has 0 aliphatic heterocycles. The number of hydrogen-bond acceptors (Lipinski definition) is 2. The van der Waals surface area contributed by atoms with Crippen LogP contribution >= 0.6 is 0 Å². The number of rotatable bonds is 4. The average Bonchev–Trinajstić information content (AvgIpc) is 2.09. The van der Waals surface area contributed by atoms with Gasteiger partial charge in [0.1, 0.15) is 5.75 Å². The van der Waals surface area contributed by atoms with Gasteiger partial charge in [-0.3, -0.25) is 0 Å². The smallest absolute Gasteiger partial charge is 0.115 e. The van der Waals surface area contributed by atoms with Gasteiger partial charge in [-0.15, -0.1) is 0 Å². The van der Waals surface area contributed by atoms with E-state index in [-0.39, 0.29) is 6.10 Å². The van der Waals surface area contributed by atoms with Crippen LogP contribution in [0.25, 0.3) is 0 Å². The first kappa shape index (κ1) is 10.1. The molecule has 0 saturated heterocycles. The molecular weight excluding hydrogens is 164 g/mol. The second-order valence-corrected chi connectivity index (χ2v) is 3.14. The Morgan fingerprint density at radius 2 is 1.92 bits per heavy atom. The molecule has 72 valence electrons. The minimum absolute atomic E-state index is 0.245. The monoisotopic (exact) mass is 180 g/mol. The van der Waals surface area contributed by atoms with E-state index in [1.807, 2.05) is 19.1 Å². The average molecular weight is 180 g/mol. The lowest BCUT2D eigenvalue weighted by Gasteiger charge is -2.11. The van der Waals surface area contributed by atoms with Gasteiger partial charge in [0.2, 0.25) is 0 Å². The van der Waals surface area contributed by atoms with Crippen molar-refractivity contribution in [1.29, 1.82) is 0 Å². The standard InChI is InChI=1S/C11H16O2/c1-3-13-9(2)8-10-4-6-11(12)7-5-10/h4-7,9,12H,3,8H2,1-2H3/t9-/m0/s1. The minimum atomic E-state index is 0.245. The molecule has 0 unspecified atom stereocenters. The van der Waals surface area contributed by atoms with E-state index in [1.54, 1.807) is 12.1 Å². The van der Waals surface area contributed by atoms with E-state index in [9.17, 15) is 0 Å². The summed E-state index contributed by atoms with van der Waals surface area (Å²) >= 11 is 0. The molecule has 13 heavy (non-hydrogen) atoms. The van der Waals surface area contributed by atoms with E-state index in [4.69, 9.17) is 9.84 Å². The third-order valence-electron chi connectivity index (χ3n) is 1.91. The predicted octanol–water partition coefficient (Wildman–Crippen LogP) is 2.36. The Kier molecular flexibility index (Phi) is 3.77. The summed E-state index contributed by atoms with van der Waals surface area (Å²) in [6.45, 7) is 4.79. The molecule has 1 aromatic rings. The second-order valence-electron chi connectivity index (χ2n) is 3.14. The van der Waals surface area contributed by atoms with Crippen LogP contribution in [0.15, 0.2) is 24.3 Å². The molecule has 0 heterocycles. The Morgan fingerprint density at radius 3 is 2.46 bits per heavy atom. The zero-order chi connectivity index (χ0) is 9.68. The van der Waals surface area contributed by atoms with Gasteiger partial charge in [-0.05, 0) is 38.0 Å². The lowest BCUT2D eigenvalue weighted by Crippen LogP contribution is -2.10. The predicted molar refractivity (Wildman–Crippen MR) is 52.9 cm³/mol. The third kappa shape index (κ3) is 3.47. The number of phenolic OH excluding ortho intramolecular Hbond substituents is 1. The van der Waals surface area contributed by atoms with Gasteiger partial charge in [0.25, 0.3) is 0 Å². The molecule has 0 aliphatic rings. The molecule has 0 aliphatic carbocycles. The molecule has 2 heteroatoms. The van der Waals surface area contributed by atoms with Crippen LogP contribution < -0.4 is 0 Å². The summed E-state index contributed by atoms with van der Waals surface area (Å²) in [5.41, 5.74) is 1.19. The van der Waals surface area contributed by atoms with Crippen LogP contribution in [0.2, 0.25) is 0 Å². The minimum Gasteiger partial charge on any atom is -0.508 e. The van der Waals surface area contributed by atoms with E-state index in [2.05, 4.69) is 6.92 Å². The van der Waals surface area contributed by atoms with Gasteiger partial charge in [-0.2, -0.15) is 0 Å². The highest BCUT2D eigenvalue weighted by Crippen LogP contribution is 2.11. The number of ether oxygens (including phenoxy) is 1. The normalized spacial score (nSPS) is 12.8. The fourth-order valence-corrected chi connectivity index (χ4v) is 1.31. The number of benzene rings is 1. The molecule has 0 aromatic heterocycles. The van der Waals surface area contributed by atoms with Crippen LogP contribution in [0.5, 0.6) is 5.75 Å². The Hall–Kier alpha value is -1.02. The Labute approximate surface area is 79.2 Å². The highest BCUT2D eigenvalue weighted by atomic mass is 16.5. The van der Waals surface area contributed by atoms with E-state index < -0.39 is 0 Å². The van der Waals surface area contributed by atoms with Gasteiger partial charge in [-0.1, -0.05) is 12.1 Å². The quantitative estimate of drug-likeness (QED) is 0.770. The summed E-state index contributed by atoms with van der Waals surface area (Å²) in [5, 5.41) is 9.06. The van der Waals surface area contributed by atoms with Crippen LogP contribution in [-0.2, 0) is 11.2 Å². The van der Waals surface area contributed by atoms with Gasteiger partial charge in [-0.25, -0.2) is 0 Å². The van der Waals surface area contributed by atoms with E-state index in [0.717, 1.165) is 13.0 Å². The maximum absolute atomic E-state index is 9.06. The molecule has 0 saturated carbocycles. The summed E-state index contributed by atoms with van der Waals surface area (Å²) in [4.78, 5) is 0. The second kappa shape index (κ2) is 4.87. The Bertz CT molecular complexity index is 241. The maximum atomic E-state index is 9.06. The Morgan fingerprint density at radius 1 is 1.31 bits per heavy atom. The molecule has 0 bridgehead atoms. The van der Waals surface area contributed by atoms with Crippen molar-refractivity contribution in [2.45, 2.75) is 26.4 Å². The van der Waals surface area contributed by atoms with Crippen molar-refractivity contribution in [2.75, 3.05) is 6.61 Å². The SMILES string of the molecule is CCO[C@@H](C)Cc1ccc(O)cc1. The highest BCUT2D eigenvalue weighted by molar-refractivity contribution is 5.26. The maximum Gasteiger partial charge on any atom is 0.115 e. The summed E-state index contributed by atoms with van der Waals surface area (Å²) in [6.07, 6.45) is 1.14. The lowest BCUT2D eigenvalue weighted by molar-refractivity contribution is 0.0768. The van der Waals surface area contributed by atoms with Crippen molar-refractivity contribution in [2.24, 2.45) is 0 Å². The number of aromatic hydroxyl groups is 1. The molecule has 0 spiro atoms. The van der Waals surface area contributed by atoms with Gasteiger partial charge in [0.15, 0.2) is 0 Å². The van der Waals surface area contributed by atoms with Crippen LogP contribution in [0.1, 0.15) is 19.4 Å². The number of phenols is 1. The van der Waals surface area contributed by atoms with Gasteiger partial charge in [0, 0.05) is 6.61 Å². The molecule has 0 fully saturated rings. The van der Waals surface area contributed by atoms with Crippen molar-refractivity contribution in [3.63, 3.8) is 0 Å². The van der Waals surface area contributed by atoms with E-state index >= 15 is 0 Å². The molecule has 1 aromatic carbocycles. The largest absolute Gasteiger partial charge is 0.508 e. The first-order valence-corrected chi connectivity index (χ1v) is 4.62. The summed E-state index contributed by atoms with van der Waals surface area (Å²) in [6, 6.07) is 7.25. The van der Waals surface area contributed by atoms with Crippen molar-refractivity contribution >= 4 is 0 Å². The molecule has 0 amide bonds. The van der Waals surface area contributed by atoms with E-state index in [0.29, 0.717) is 5.75 Å². The molecule has 1 rings (SSSR count). The molecule has 1 atom stereocenters. The van der Waals surface area contributed by atoms with Crippen molar-refractivity contribution in [1.82, 2.24) is 0 Å².